The van der Waals surface area contributed by atoms with Crippen molar-refractivity contribution in [1.82, 2.24) is 0 Å². The fourth-order valence-electron chi connectivity index (χ4n) is 1.17. The van der Waals surface area contributed by atoms with Gasteiger partial charge in [0.05, 0.1) is 12.1 Å². The molecule has 3 heteroatoms. The summed E-state index contributed by atoms with van der Waals surface area (Å²) in [5.74, 6) is -1.20. The van der Waals surface area contributed by atoms with Gasteiger partial charge < -0.3 is 14.6 Å². The van der Waals surface area contributed by atoms with Crippen LogP contribution in [0.3, 0.4) is 0 Å². The van der Waals surface area contributed by atoms with Gasteiger partial charge in [0, 0.05) is 0 Å². The molecule has 0 bridgehead atoms. The first kappa shape index (κ1) is 10.7. The van der Waals surface area contributed by atoms with E-state index in [1.807, 2.05) is 6.07 Å². The maximum Gasteiger partial charge on any atom is 0.122 e. The second kappa shape index (κ2) is 4.77. The van der Waals surface area contributed by atoms with E-state index >= 15 is 0 Å². The van der Waals surface area contributed by atoms with Crippen LogP contribution in [0, 0.1) is 0 Å². The molecule has 14 heavy (non-hydrogen) atoms. The van der Waals surface area contributed by atoms with Gasteiger partial charge in [0.1, 0.15) is 6.10 Å². The number of carbonyl (C=O) groups is 1. The molecule has 0 heterocycles. The molecular formula is C11H13O3-. The topological polar surface area (TPSA) is 49.4 Å². The first-order chi connectivity index (χ1) is 6.61. The number of ether oxygens (including phenoxy) is 1. The van der Waals surface area contributed by atoms with E-state index in [4.69, 9.17) is 4.74 Å². The summed E-state index contributed by atoms with van der Waals surface area (Å²) in [7, 11) is 0. The predicted octanol–water partition coefficient (Wildman–Crippen LogP) is 0.903. The third-order valence-electron chi connectivity index (χ3n) is 1.72. The van der Waals surface area contributed by atoms with Crippen molar-refractivity contribution < 1.29 is 14.6 Å². The molecule has 0 aliphatic carbocycles. The third kappa shape index (κ3) is 2.85. The molecule has 0 amide bonds. The molecular weight excluding hydrogens is 180 g/mol. The van der Waals surface area contributed by atoms with E-state index in [0.717, 1.165) is 0 Å². The van der Waals surface area contributed by atoms with Gasteiger partial charge in [-0.15, -0.1) is 0 Å². The number of carboxylic acid groups (broad SMARTS) is 1. The molecule has 0 saturated heterocycles. The number of carbonyl (C=O) groups excluding carboxylic acids is 1. The average Bonchev–Trinajstić information content (AvgIpc) is 2.15. The Kier molecular flexibility index (Phi) is 3.65. The Hall–Kier alpha value is -1.35. The Labute approximate surface area is 83.3 Å². The molecule has 0 fully saturated rings. The second-order valence-corrected chi connectivity index (χ2v) is 3.29. The standard InChI is InChI=1S/C11H14O3/c1-8(2)14-10(11(12)13)9-6-4-3-5-7-9/h3-8,10H,1-2H3,(H,12,13)/p-1/t10-/m0/s1. The highest BCUT2D eigenvalue weighted by molar-refractivity contribution is 5.72. The van der Waals surface area contributed by atoms with Gasteiger partial charge in [-0.3, -0.25) is 0 Å². The average molecular weight is 193 g/mol. The van der Waals surface area contributed by atoms with Gasteiger partial charge in [0.25, 0.3) is 0 Å². The number of carboxylic acids is 1. The largest absolute Gasteiger partial charge is 0.547 e. The lowest BCUT2D eigenvalue weighted by Crippen LogP contribution is -2.32. The van der Waals surface area contributed by atoms with Crippen LogP contribution in [0.2, 0.25) is 0 Å². The van der Waals surface area contributed by atoms with Crippen molar-refractivity contribution >= 4 is 5.97 Å². The van der Waals surface area contributed by atoms with Crippen molar-refractivity contribution in [3.8, 4) is 0 Å². The highest BCUT2D eigenvalue weighted by Crippen LogP contribution is 2.17. The van der Waals surface area contributed by atoms with Crippen LogP contribution >= 0.6 is 0 Å². The zero-order valence-corrected chi connectivity index (χ0v) is 8.27. The lowest BCUT2D eigenvalue weighted by atomic mass is 10.1. The van der Waals surface area contributed by atoms with Crippen molar-refractivity contribution in [2.75, 3.05) is 0 Å². The van der Waals surface area contributed by atoms with E-state index in [0.29, 0.717) is 5.56 Å². The number of hydrogen-bond acceptors (Lipinski definition) is 3. The number of hydrogen-bond donors (Lipinski definition) is 0. The van der Waals surface area contributed by atoms with Crippen molar-refractivity contribution in [2.45, 2.75) is 26.1 Å². The fraction of sp³-hybridized carbons (Fsp3) is 0.364. The molecule has 3 nitrogen and oxygen atoms in total. The van der Waals surface area contributed by atoms with Crippen molar-refractivity contribution in [3.63, 3.8) is 0 Å². The summed E-state index contributed by atoms with van der Waals surface area (Å²) in [5, 5.41) is 10.8. The van der Waals surface area contributed by atoms with Crippen LogP contribution in [0.1, 0.15) is 25.5 Å². The molecule has 1 atom stereocenters. The quantitative estimate of drug-likeness (QED) is 0.714. The van der Waals surface area contributed by atoms with Gasteiger partial charge in [-0.05, 0) is 19.4 Å². The Balaban J connectivity index is 2.84. The minimum atomic E-state index is -1.20. The first-order valence-electron chi connectivity index (χ1n) is 4.52. The van der Waals surface area contributed by atoms with Crippen LogP contribution in [-0.2, 0) is 9.53 Å². The molecule has 0 aliphatic heterocycles. The second-order valence-electron chi connectivity index (χ2n) is 3.29. The maximum atomic E-state index is 10.8. The SMILES string of the molecule is CC(C)O[C@H](C(=O)[O-])c1ccccc1. The van der Waals surface area contributed by atoms with Crippen LogP contribution < -0.4 is 5.11 Å². The predicted molar refractivity (Wildman–Crippen MR) is 50.4 cm³/mol. The summed E-state index contributed by atoms with van der Waals surface area (Å²) in [6.07, 6.45) is -1.12. The summed E-state index contributed by atoms with van der Waals surface area (Å²) in [6.45, 7) is 3.58. The van der Waals surface area contributed by atoms with Crippen LogP contribution in [0.25, 0.3) is 0 Å². The Morgan fingerprint density at radius 1 is 1.29 bits per heavy atom. The van der Waals surface area contributed by atoms with Crippen molar-refractivity contribution in [3.05, 3.63) is 35.9 Å². The number of rotatable bonds is 4. The third-order valence-corrected chi connectivity index (χ3v) is 1.72. The van der Waals surface area contributed by atoms with E-state index in [1.54, 1.807) is 38.1 Å². The van der Waals surface area contributed by atoms with Gasteiger partial charge in [0.2, 0.25) is 0 Å². The number of aliphatic carboxylic acids is 1. The molecule has 0 N–H and O–H groups in total. The summed E-state index contributed by atoms with van der Waals surface area (Å²) < 4.78 is 5.24. The van der Waals surface area contributed by atoms with Crippen molar-refractivity contribution in [2.24, 2.45) is 0 Å². The molecule has 1 aromatic carbocycles. The lowest BCUT2D eigenvalue weighted by molar-refractivity contribution is -0.318. The molecule has 0 aliphatic rings. The molecule has 0 unspecified atom stereocenters. The fourth-order valence-corrected chi connectivity index (χ4v) is 1.17. The minimum Gasteiger partial charge on any atom is -0.547 e. The van der Waals surface area contributed by atoms with Gasteiger partial charge in [-0.1, -0.05) is 30.3 Å². The Morgan fingerprint density at radius 2 is 1.86 bits per heavy atom. The van der Waals surface area contributed by atoms with Crippen LogP contribution in [-0.4, -0.2) is 12.1 Å². The van der Waals surface area contributed by atoms with Gasteiger partial charge in [-0.2, -0.15) is 0 Å². The molecule has 76 valence electrons. The zero-order valence-electron chi connectivity index (χ0n) is 8.27. The van der Waals surface area contributed by atoms with Crippen molar-refractivity contribution in [1.29, 1.82) is 0 Å². The summed E-state index contributed by atoms with van der Waals surface area (Å²) in [6, 6.07) is 8.79. The van der Waals surface area contributed by atoms with Gasteiger partial charge in [0.15, 0.2) is 0 Å². The van der Waals surface area contributed by atoms with E-state index in [9.17, 15) is 9.90 Å². The number of benzene rings is 1. The van der Waals surface area contributed by atoms with E-state index < -0.39 is 12.1 Å². The lowest BCUT2D eigenvalue weighted by Gasteiger charge is -2.21. The van der Waals surface area contributed by atoms with Gasteiger partial charge in [-0.25, -0.2) is 0 Å². The monoisotopic (exact) mass is 193 g/mol. The first-order valence-corrected chi connectivity index (χ1v) is 4.52. The van der Waals surface area contributed by atoms with E-state index in [-0.39, 0.29) is 6.10 Å². The van der Waals surface area contributed by atoms with Crippen LogP contribution in [0.15, 0.2) is 30.3 Å². The summed E-state index contributed by atoms with van der Waals surface area (Å²) in [5.41, 5.74) is 0.612. The van der Waals surface area contributed by atoms with E-state index in [1.165, 1.54) is 0 Å². The molecule has 1 aromatic rings. The molecule has 0 saturated carbocycles. The summed E-state index contributed by atoms with van der Waals surface area (Å²) in [4.78, 5) is 10.8. The molecule has 1 rings (SSSR count). The Bertz CT molecular complexity index is 293. The molecule has 0 spiro atoms. The maximum absolute atomic E-state index is 10.8. The highest BCUT2D eigenvalue weighted by atomic mass is 16.5. The van der Waals surface area contributed by atoms with Crippen LogP contribution in [0.4, 0.5) is 0 Å². The molecule has 0 radical (unpaired) electrons. The smallest absolute Gasteiger partial charge is 0.122 e. The molecule has 0 aromatic heterocycles. The Morgan fingerprint density at radius 3 is 2.29 bits per heavy atom. The van der Waals surface area contributed by atoms with E-state index in [2.05, 4.69) is 0 Å². The van der Waals surface area contributed by atoms with Crippen LogP contribution in [0.5, 0.6) is 0 Å². The zero-order chi connectivity index (χ0) is 10.6. The van der Waals surface area contributed by atoms with Gasteiger partial charge >= 0.3 is 0 Å². The minimum absolute atomic E-state index is 0.141. The summed E-state index contributed by atoms with van der Waals surface area (Å²) >= 11 is 0. The normalized spacial score (nSPS) is 12.8. The highest BCUT2D eigenvalue weighted by Gasteiger charge is 2.14.